The van der Waals surface area contributed by atoms with Crippen LogP contribution in [0, 0.1) is 5.41 Å². The molecule has 2 aliphatic heterocycles. The number of hydrogen-bond donors (Lipinski definition) is 2. The largest absolute Gasteiger partial charge is 0.384 e. The Morgan fingerprint density at radius 3 is 2.71 bits per heavy atom. The second-order valence-electron chi connectivity index (χ2n) is 6.53. The van der Waals surface area contributed by atoms with Crippen LogP contribution in [-0.2, 0) is 14.3 Å². The Hall–Kier alpha value is -1.14. The number of carbonyl (C=O) groups is 1. The van der Waals surface area contributed by atoms with E-state index in [1.54, 1.807) is 7.11 Å². The highest BCUT2D eigenvalue weighted by molar-refractivity contribution is 5.85. The Balaban J connectivity index is 0.00000208. The number of rotatable bonds is 5. The zero-order valence-electron chi connectivity index (χ0n) is 14.1. The van der Waals surface area contributed by atoms with Crippen LogP contribution in [0.2, 0.25) is 0 Å². The van der Waals surface area contributed by atoms with Gasteiger partial charge in [0.25, 0.3) is 0 Å². The van der Waals surface area contributed by atoms with E-state index in [2.05, 4.69) is 22.8 Å². The molecule has 2 aliphatic rings. The molecule has 1 aromatic carbocycles. The van der Waals surface area contributed by atoms with Crippen LogP contribution < -0.4 is 10.6 Å². The summed E-state index contributed by atoms with van der Waals surface area (Å²) in [6.45, 7) is 2.88. The molecule has 1 amide bonds. The predicted octanol–water partition coefficient (Wildman–Crippen LogP) is 2.07. The van der Waals surface area contributed by atoms with Gasteiger partial charge in [-0.25, -0.2) is 0 Å². The van der Waals surface area contributed by atoms with Gasteiger partial charge in [0.05, 0.1) is 18.1 Å². The highest BCUT2D eigenvalue weighted by atomic mass is 35.5. The van der Waals surface area contributed by atoms with Crippen molar-refractivity contribution in [1.29, 1.82) is 0 Å². The summed E-state index contributed by atoms with van der Waals surface area (Å²) in [5, 5.41) is 6.57. The lowest BCUT2D eigenvalue weighted by Gasteiger charge is -2.36. The minimum absolute atomic E-state index is 0. The number of amides is 1. The molecule has 2 N–H and O–H groups in total. The average molecular weight is 355 g/mol. The van der Waals surface area contributed by atoms with Crippen molar-refractivity contribution in [2.24, 2.45) is 5.41 Å². The smallest absolute Gasteiger partial charge is 0.228 e. The van der Waals surface area contributed by atoms with Crippen LogP contribution in [-0.4, -0.2) is 45.4 Å². The summed E-state index contributed by atoms with van der Waals surface area (Å²) in [5.41, 5.74) is 0.713. The summed E-state index contributed by atoms with van der Waals surface area (Å²) in [4.78, 5) is 13.0. The SMILES string of the molecule is COCC1(C(=O)NC2CCOC2c2ccccc2)CCNCC1.Cl. The van der Waals surface area contributed by atoms with Crippen molar-refractivity contribution in [3.8, 4) is 0 Å². The van der Waals surface area contributed by atoms with Gasteiger partial charge in [-0.15, -0.1) is 12.4 Å². The molecule has 1 aromatic rings. The molecule has 3 rings (SSSR count). The molecule has 2 fully saturated rings. The van der Waals surface area contributed by atoms with E-state index in [-0.39, 0.29) is 30.5 Å². The summed E-state index contributed by atoms with van der Waals surface area (Å²) in [6.07, 6.45) is 2.43. The zero-order valence-corrected chi connectivity index (χ0v) is 14.9. The van der Waals surface area contributed by atoms with Gasteiger partial charge in [0.1, 0.15) is 6.10 Å². The first-order valence-electron chi connectivity index (χ1n) is 8.42. The van der Waals surface area contributed by atoms with E-state index in [0.29, 0.717) is 13.2 Å². The molecule has 2 atom stereocenters. The van der Waals surface area contributed by atoms with Crippen LogP contribution in [0.5, 0.6) is 0 Å². The standard InChI is InChI=1S/C18H26N2O3.ClH/c1-22-13-18(8-10-19-11-9-18)17(21)20-15-7-12-23-16(15)14-5-3-2-4-6-14;/h2-6,15-16,19H,7-13H2,1H3,(H,20,21);1H. The van der Waals surface area contributed by atoms with Crippen LogP contribution in [0.4, 0.5) is 0 Å². The first-order chi connectivity index (χ1) is 11.2. The predicted molar refractivity (Wildman–Crippen MR) is 95.3 cm³/mol. The van der Waals surface area contributed by atoms with Crippen LogP contribution >= 0.6 is 12.4 Å². The summed E-state index contributed by atoms with van der Waals surface area (Å²) in [7, 11) is 1.67. The van der Waals surface area contributed by atoms with Gasteiger partial charge < -0.3 is 20.1 Å². The lowest BCUT2D eigenvalue weighted by atomic mass is 9.78. The van der Waals surface area contributed by atoms with E-state index in [0.717, 1.165) is 37.9 Å². The Kier molecular flexibility index (Phi) is 7.04. The van der Waals surface area contributed by atoms with E-state index in [1.165, 1.54) is 0 Å². The second-order valence-corrected chi connectivity index (χ2v) is 6.53. The first-order valence-corrected chi connectivity index (χ1v) is 8.42. The van der Waals surface area contributed by atoms with Gasteiger partial charge in [-0.2, -0.15) is 0 Å². The molecule has 0 saturated carbocycles. The molecule has 0 radical (unpaired) electrons. The maximum Gasteiger partial charge on any atom is 0.228 e. The third-order valence-corrected chi connectivity index (χ3v) is 5.00. The first kappa shape index (κ1) is 19.2. The summed E-state index contributed by atoms with van der Waals surface area (Å²) < 4.78 is 11.2. The lowest BCUT2D eigenvalue weighted by molar-refractivity contribution is -0.137. The Labute approximate surface area is 149 Å². The van der Waals surface area contributed by atoms with Crippen molar-refractivity contribution in [2.45, 2.75) is 31.4 Å². The number of benzene rings is 1. The number of nitrogens with one attached hydrogen (secondary N) is 2. The van der Waals surface area contributed by atoms with Crippen molar-refractivity contribution in [2.75, 3.05) is 33.4 Å². The minimum atomic E-state index is -0.413. The Bertz CT molecular complexity index is 515. The molecule has 0 spiro atoms. The van der Waals surface area contributed by atoms with E-state index in [1.807, 2.05) is 18.2 Å². The molecule has 0 aromatic heterocycles. The fourth-order valence-electron chi connectivity index (χ4n) is 3.65. The van der Waals surface area contributed by atoms with Crippen molar-refractivity contribution in [1.82, 2.24) is 10.6 Å². The van der Waals surface area contributed by atoms with E-state index in [4.69, 9.17) is 9.47 Å². The third kappa shape index (κ3) is 4.09. The molecule has 24 heavy (non-hydrogen) atoms. The van der Waals surface area contributed by atoms with Gasteiger partial charge in [0.15, 0.2) is 0 Å². The topological polar surface area (TPSA) is 59.6 Å². The molecule has 0 aliphatic carbocycles. The minimum Gasteiger partial charge on any atom is -0.384 e. The van der Waals surface area contributed by atoms with Crippen molar-refractivity contribution in [3.63, 3.8) is 0 Å². The molecule has 5 nitrogen and oxygen atoms in total. The van der Waals surface area contributed by atoms with Crippen LogP contribution in [0.3, 0.4) is 0 Å². The Morgan fingerprint density at radius 1 is 1.33 bits per heavy atom. The molecule has 134 valence electrons. The van der Waals surface area contributed by atoms with Crippen LogP contribution in [0.1, 0.15) is 30.9 Å². The fourth-order valence-corrected chi connectivity index (χ4v) is 3.65. The number of ether oxygens (including phenoxy) is 2. The maximum absolute atomic E-state index is 13.0. The molecular formula is C18H27ClN2O3. The maximum atomic E-state index is 13.0. The molecule has 2 unspecified atom stereocenters. The fraction of sp³-hybridized carbons (Fsp3) is 0.611. The Morgan fingerprint density at radius 2 is 2.04 bits per heavy atom. The quantitative estimate of drug-likeness (QED) is 0.850. The third-order valence-electron chi connectivity index (χ3n) is 5.00. The number of carbonyl (C=O) groups excluding carboxylic acids is 1. The van der Waals surface area contributed by atoms with Gasteiger partial charge in [0.2, 0.25) is 5.91 Å². The van der Waals surface area contributed by atoms with Gasteiger partial charge in [-0.3, -0.25) is 4.79 Å². The average Bonchev–Trinajstić information content (AvgIpc) is 3.05. The highest BCUT2D eigenvalue weighted by Gasteiger charge is 2.42. The lowest BCUT2D eigenvalue weighted by Crippen LogP contribution is -2.52. The van der Waals surface area contributed by atoms with Gasteiger partial charge in [-0.1, -0.05) is 30.3 Å². The van der Waals surface area contributed by atoms with Gasteiger partial charge >= 0.3 is 0 Å². The number of methoxy groups -OCH3 is 1. The van der Waals surface area contributed by atoms with E-state index in [9.17, 15) is 4.79 Å². The summed E-state index contributed by atoms with van der Waals surface area (Å²) in [5.74, 6) is 0.109. The number of halogens is 1. The zero-order chi connectivity index (χ0) is 16.1. The van der Waals surface area contributed by atoms with Crippen molar-refractivity contribution >= 4 is 18.3 Å². The summed E-state index contributed by atoms with van der Waals surface area (Å²) in [6, 6.07) is 10.2. The van der Waals surface area contributed by atoms with E-state index < -0.39 is 5.41 Å². The van der Waals surface area contributed by atoms with Crippen molar-refractivity contribution in [3.05, 3.63) is 35.9 Å². The highest BCUT2D eigenvalue weighted by Crippen LogP contribution is 2.33. The molecule has 2 saturated heterocycles. The van der Waals surface area contributed by atoms with E-state index >= 15 is 0 Å². The molecular weight excluding hydrogens is 328 g/mol. The molecule has 6 heteroatoms. The number of piperidine rings is 1. The molecule has 0 bridgehead atoms. The monoisotopic (exact) mass is 354 g/mol. The van der Waals surface area contributed by atoms with Gasteiger partial charge in [0, 0.05) is 13.7 Å². The van der Waals surface area contributed by atoms with Crippen LogP contribution in [0.25, 0.3) is 0 Å². The van der Waals surface area contributed by atoms with Gasteiger partial charge in [-0.05, 0) is 37.9 Å². The number of hydrogen-bond acceptors (Lipinski definition) is 4. The second kappa shape index (κ2) is 8.81. The summed E-state index contributed by atoms with van der Waals surface area (Å²) >= 11 is 0. The molecule has 2 heterocycles. The van der Waals surface area contributed by atoms with Crippen molar-refractivity contribution < 1.29 is 14.3 Å². The van der Waals surface area contributed by atoms with Crippen LogP contribution in [0.15, 0.2) is 30.3 Å². The normalized spacial score (nSPS) is 25.7.